The highest BCUT2D eigenvalue weighted by molar-refractivity contribution is 7.84. The Bertz CT molecular complexity index is 440. The summed E-state index contributed by atoms with van der Waals surface area (Å²) in [7, 11) is -0.898. The van der Waals surface area contributed by atoms with E-state index in [4.69, 9.17) is 10.5 Å². The number of rotatable bonds is 6. The van der Waals surface area contributed by atoms with Crippen molar-refractivity contribution in [1.29, 1.82) is 0 Å². The third kappa shape index (κ3) is 4.18. The SMILES string of the molecule is CCOc1cc(NC(C)CS(C)=O)c(N)cc1F. The van der Waals surface area contributed by atoms with Gasteiger partial charge in [0.15, 0.2) is 11.6 Å². The van der Waals surface area contributed by atoms with Gasteiger partial charge in [-0.2, -0.15) is 0 Å². The van der Waals surface area contributed by atoms with Gasteiger partial charge in [-0.1, -0.05) is 0 Å². The minimum Gasteiger partial charge on any atom is -0.491 e. The number of benzene rings is 1. The van der Waals surface area contributed by atoms with Crippen molar-refractivity contribution in [1.82, 2.24) is 0 Å². The van der Waals surface area contributed by atoms with E-state index < -0.39 is 16.6 Å². The Morgan fingerprint density at radius 1 is 1.56 bits per heavy atom. The van der Waals surface area contributed by atoms with Crippen molar-refractivity contribution in [2.45, 2.75) is 19.9 Å². The summed E-state index contributed by atoms with van der Waals surface area (Å²) in [5, 5.41) is 3.10. The summed E-state index contributed by atoms with van der Waals surface area (Å²) < 4.78 is 29.8. The summed E-state index contributed by atoms with van der Waals surface area (Å²) in [4.78, 5) is 0. The standard InChI is InChI=1S/C12H19FN2O2S/c1-4-17-12-6-11(10(14)5-9(12)13)15-8(2)7-18(3)16/h5-6,8,15H,4,7,14H2,1-3H3. The molecule has 4 nitrogen and oxygen atoms in total. The first-order chi connectivity index (χ1) is 8.43. The number of anilines is 2. The van der Waals surface area contributed by atoms with Crippen LogP contribution < -0.4 is 15.8 Å². The molecule has 3 N–H and O–H groups in total. The molecule has 0 aliphatic carbocycles. The highest BCUT2D eigenvalue weighted by atomic mass is 32.2. The average molecular weight is 274 g/mol. The van der Waals surface area contributed by atoms with Crippen molar-refractivity contribution in [3.05, 3.63) is 17.9 Å². The van der Waals surface area contributed by atoms with Crippen LogP contribution in [-0.4, -0.2) is 28.9 Å². The van der Waals surface area contributed by atoms with Gasteiger partial charge in [-0.15, -0.1) is 0 Å². The highest BCUT2D eigenvalue weighted by Crippen LogP contribution is 2.28. The second-order valence-corrected chi connectivity index (χ2v) is 5.57. The van der Waals surface area contributed by atoms with Gasteiger partial charge in [0.05, 0.1) is 18.0 Å². The molecular weight excluding hydrogens is 255 g/mol. The molecule has 0 aliphatic heterocycles. The van der Waals surface area contributed by atoms with Gasteiger partial charge in [0.25, 0.3) is 0 Å². The summed E-state index contributed by atoms with van der Waals surface area (Å²) in [5.74, 6) is 0.187. The maximum absolute atomic E-state index is 13.5. The van der Waals surface area contributed by atoms with Crippen molar-refractivity contribution >= 4 is 22.2 Å². The molecular formula is C12H19FN2O2S. The van der Waals surface area contributed by atoms with Gasteiger partial charge in [0, 0.05) is 41.0 Å². The third-order valence-corrected chi connectivity index (χ3v) is 3.26. The Morgan fingerprint density at radius 2 is 2.22 bits per heavy atom. The van der Waals surface area contributed by atoms with Crippen LogP contribution in [0.2, 0.25) is 0 Å². The summed E-state index contributed by atoms with van der Waals surface area (Å²) in [6, 6.07) is 2.74. The number of halogens is 1. The molecule has 1 aromatic rings. The van der Waals surface area contributed by atoms with Crippen LogP contribution in [-0.2, 0) is 10.8 Å². The summed E-state index contributed by atoms with van der Waals surface area (Å²) in [6.45, 7) is 4.06. The monoisotopic (exact) mass is 274 g/mol. The number of nitrogens with one attached hydrogen (secondary N) is 1. The first kappa shape index (κ1) is 14.8. The van der Waals surface area contributed by atoms with Gasteiger partial charge in [-0.3, -0.25) is 4.21 Å². The van der Waals surface area contributed by atoms with E-state index in [1.165, 1.54) is 12.1 Å². The lowest BCUT2D eigenvalue weighted by atomic mass is 10.2. The van der Waals surface area contributed by atoms with Crippen LogP contribution in [0.5, 0.6) is 5.75 Å². The Labute approximate surface area is 109 Å². The van der Waals surface area contributed by atoms with Crippen molar-refractivity contribution in [2.75, 3.05) is 29.7 Å². The molecule has 0 amide bonds. The number of hydrogen-bond donors (Lipinski definition) is 2. The molecule has 0 bridgehead atoms. The lowest BCUT2D eigenvalue weighted by Crippen LogP contribution is -2.23. The average Bonchev–Trinajstić information content (AvgIpc) is 2.24. The second-order valence-electron chi connectivity index (χ2n) is 4.09. The number of ether oxygens (including phenoxy) is 1. The zero-order valence-electron chi connectivity index (χ0n) is 10.8. The second kappa shape index (κ2) is 6.58. The van der Waals surface area contributed by atoms with Crippen LogP contribution in [0.4, 0.5) is 15.8 Å². The molecule has 0 heterocycles. The minimum atomic E-state index is -0.898. The number of nitrogen functional groups attached to an aromatic ring is 1. The molecule has 0 saturated carbocycles. The van der Waals surface area contributed by atoms with E-state index in [0.29, 0.717) is 23.7 Å². The molecule has 2 unspecified atom stereocenters. The zero-order chi connectivity index (χ0) is 13.7. The Kier molecular flexibility index (Phi) is 5.40. The first-order valence-corrected chi connectivity index (χ1v) is 7.45. The zero-order valence-corrected chi connectivity index (χ0v) is 11.6. The first-order valence-electron chi connectivity index (χ1n) is 5.72. The Morgan fingerprint density at radius 3 is 2.78 bits per heavy atom. The van der Waals surface area contributed by atoms with Crippen LogP contribution in [0.3, 0.4) is 0 Å². The van der Waals surface area contributed by atoms with E-state index in [1.807, 2.05) is 6.92 Å². The van der Waals surface area contributed by atoms with E-state index in [2.05, 4.69) is 5.32 Å². The van der Waals surface area contributed by atoms with Gasteiger partial charge < -0.3 is 15.8 Å². The maximum Gasteiger partial charge on any atom is 0.167 e. The van der Waals surface area contributed by atoms with Crippen LogP contribution in [0, 0.1) is 5.82 Å². The van der Waals surface area contributed by atoms with Crippen LogP contribution in [0.1, 0.15) is 13.8 Å². The molecule has 6 heteroatoms. The summed E-state index contributed by atoms with van der Waals surface area (Å²) in [5.41, 5.74) is 6.64. The quantitative estimate of drug-likeness (QED) is 0.779. The van der Waals surface area contributed by atoms with E-state index in [1.54, 1.807) is 13.2 Å². The Balaban J connectivity index is 2.87. The van der Waals surface area contributed by atoms with Crippen molar-refractivity contribution in [3.63, 3.8) is 0 Å². The topological polar surface area (TPSA) is 64.3 Å². The van der Waals surface area contributed by atoms with Gasteiger partial charge in [0.1, 0.15) is 0 Å². The van der Waals surface area contributed by atoms with Gasteiger partial charge in [-0.05, 0) is 13.8 Å². The molecule has 0 aliphatic rings. The number of hydrogen-bond acceptors (Lipinski definition) is 4. The molecule has 0 radical (unpaired) electrons. The van der Waals surface area contributed by atoms with Gasteiger partial charge >= 0.3 is 0 Å². The largest absolute Gasteiger partial charge is 0.491 e. The normalized spacial score (nSPS) is 14.0. The van der Waals surface area contributed by atoms with Gasteiger partial charge in [0.2, 0.25) is 0 Å². The molecule has 0 aromatic heterocycles. The molecule has 0 fully saturated rings. The van der Waals surface area contributed by atoms with E-state index in [-0.39, 0.29) is 11.8 Å². The molecule has 102 valence electrons. The van der Waals surface area contributed by atoms with Crippen LogP contribution in [0.25, 0.3) is 0 Å². The van der Waals surface area contributed by atoms with E-state index >= 15 is 0 Å². The Hall–Kier alpha value is -1.30. The minimum absolute atomic E-state index is 0.0157. The smallest absolute Gasteiger partial charge is 0.167 e. The fourth-order valence-electron chi connectivity index (χ4n) is 1.62. The highest BCUT2D eigenvalue weighted by Gasteiger charge is 2.11. The molecule has 18 heavy (non-hydrogen) atoms. The van der Waals surface area contributed by atoms with Crippen molar-refractivity contribution < 1.29 is 13.3 Å². The van der Waals surface area contributed by atoms with Crippen LogP contribution in [0.15, 0.2) is 12.1 Å². The fourth-order valence-corrected chi connectivity index (χ4v) is 2.41. The van der Waals surface area contributed by atoms with E-state index in [9.17, 15) is 8.60 Å². The molecule has 0 saturated heterocycles. The maximum atomic E-state index is 13.5. The number of nitrogens with two attached hydrogens (primary N) is 1. The summed E-state index contributed by atoms with van der Waals surface area (Å²) >= 11 is 0. The predicted molar refractivity (Wildman–Crippen MR) is 74.0 cm³/mol. The molecule has 0 spiro atoms. The lowest BCUT2D eigenvalue weighted by molar-refractivity contribution is 0.322. The third-order valence-electron chi connectivity index (χ3n) is 2.29. The molecule has 1 aromatic carbocycles. The summed E-state index contributed by atoms with van der Waals surface area (Å²) in [6.07, 6.45) is 1.64. The van der Waals surface area contributed by atoms with E-state index in [0.717, 1.165) is 0 Å². The fraction of sp³-hybridized carbons (Fsp3) is 0.500. The van der Waals surface area contributed by atoms with Crippen molar-refractivity contribution in [2.24, 2.45) is 0 Å². The molecule has 1 rings (SSSR count). The molecule has 2 atom stereocenters. The lowest BCUT2D eigenvalue weighted by Gasteiger charge is -2.17. The van der Waals surface area contributed by atoms with Crippen LogP contribution >= 0.6 is 0 Å². The van der Waals surface area contributed by atoms with Crippen molar-refractivity contribution in [3.8, 4) is 5.75 Å². The van der Waals surface area contributed by atoms with Gasteiger partial charge in [-0.25, -0.2) is 4.39 Å². The predicted octanol–water partition coefficient (Wildman–Crippen LogP) is 1.99.